The smallest absolute Gasteiger partial charge is 0.294 e. The largest absolute Gasteiger partial charge is 0.305 e. The van der Waals surface area contributed by atoms with Gasteiger partial charge in [0.15, 0.2) is 0 Å². The SMILES string of the molecule is CN1CC2CC2(c2cc(Cl)c([N+](=O)[O-])cc2[N+](=O)[O-])C1.CN1CC2CC2(c2ccc(Cl)cc2Cl)C1.CN1CC2CC2(c2ccc(F)c(Cl)c2)C1.CN1CC2CC2(c2ccc([N+](=O)[O-])c(Cl)c2)C1. The van der Waals surface area contributed by atoms with Gasteiger partial charge in [-0.25, -0.2) is 4.39 Å². The maximum atomic E-state index is 13.1. The predicted molar refractivity (Wildman–Crippen MR) is 260 cm³/mol. The molecule has 0 spiro atoms. The van der Waals surface area contributed by atoms with Crippen LogP contribution in [0.4, 0.5) is 21.5 Å². The van der Waals surface area contributed by atoms with E-state index in [1.54, 1.807) is 12.1 Å². The second-order valence-electron chi connectivity index (χ2n) is 20.5. The lowest BCUT2D eigenvalue weighted by molar-refractivity contribution is -0.394. The number of likely N-dealkylation sites (N-methyl/N-ethyl adjacent to an activating group) is 4. The number of hydrogen-bond donors (Lipinski definition) is 0. The molecular weight excluding hydrogens is 967 g/mol. The lowest BCUT2D eigenvalue weighted by Gasteiger charge is -2.17. The normalized spacial score (nSPS) is 31.7. The minimum atomic E-state index is -0.693. The summed E-state index contributed by atoms with van der Waals surface area (Å²) < 4.78 is 13.1. The van der Waals surface area contributed by atoms with Gasteiger partial charge in [-0.2, -0.15) is 0 Å². The molecule has 4 saturated carbocycles. The third kappa shape index (κ3) is 8.93. The van der Waals surface area contributed by atoms with Gasteiger partial charge in [0.1, 0.15) is 15.9 Å². The van der Waals surface area contributed by atoms with Gasteiger partial charge in [0, 0.05) is 95.7 Å². The molecule has 0 aromatic heterocycles. The Hall–Kier alpha value is -3.70. The molecule has 8 atom stereocenters. The third-order valence-electron chi connectivity index (χ3n) is 15.9. The van der Waals surface area contributed by atoms with Crippen LogP contribution in [0.15, 0.2) is 66.7 Å². The standard InChI is InChI=1S/C12H13Cl2N.C12H13ClFN.C12H12ClN3O4.C12H13ClN2O2/c1-15-6-8-5-12(8,7-15)10-3-2-9(13)4-11(10)14;1-15-6-9-5-12(9,7-15)8-2-3-11(14)10(13)4-8;1-14-5-7-4-12(7,6-14)8-2-9(13)11(16(19)20)3-10(8)15(17)18;1-14-6-9-5-12(9,7-14)8-2-3-11(15(16)17)10(13)4-8/h2-4,8H,5-7H2,1H3;2-4,9H,5-7H2,1H3;2-3,7H,4-6H2,1H3;2-4,9H,5-7H2,1H3. The molecule has 67 heavy (non-hydrogen) atoms. The van der Waals surface area contributed by atoms with E-state index in [2.05, 4.69) is 46.8 Å². The number of fused-ring (bicyclic) bond motifs is 4. The first-order valence-electron chi connectivity index (χ1n) is 22.3. The average Bonchev–Trinajstić information content (AvgIpc) is 4.22. The highest BCUT2D eigenvalue weighted by molar-refractivity contribution is 6.35. The van der Waals surface area contributed by atoms with Crippen molar-refractivity contribution in [1.29, 1.82) is 0 Å². The van der Waals surface area contributed by atoms with Gasteiger partial charge < -0.3 is 19.6 Å². The monoisotopic (exact) mass is 1020 g/mol. The van der Waals surface area contributed by atoms with E-state index in [1.165, 1.54) is 55.1 Å². The van der Waals surface area contributed by atoms with Crippen molar-refractivity contribution in [3.05, 3.63) is 150 Å². The van der Waals surface area contributed by atoms with Crippen LogP contribution in [0.1, 0.15) is 47.9 Å². The summed E-state index contributed by atoms with van der Waals surface area (Å²) in [6.07, 6.45) is 4.59. The fourth-order valence-electron chi connectivity index (χ4n) is 12.6. The summed E-state index contributed by atoms with van der Waals surface area (Å²) >= 11 is 29.9. The molecule has 4 aliphatic heterocycles. The summed E-state index contributed by atoms with van der Waals surface area (Å²) in [4.78, 5) is 40.3. The number of likely N-dealkylation sites (tertiary alicyclic amines) is 4. The lowest BCUT2D eigenvalue weighted by Crippen LogP contribution is -2.23. The maximum Gasteiger partial charge on any atom is 0.294 e. The molecule has 0 radical (unpaired) electrons. The highest BCUT2D eigenvalue weighted by Crippen LogP contribution is 2.63. The number of nitro benzene ring substituents is 3. The van der Waals surface area contributed by atoms with Crippen LogP contribution in [0.2, 0.25) is 25.1 Å². The second-order valence-corrected chi connectivity index (χ2v) is 22.6. The van der Waals surface area contributed by atoms with Gasteiger partial charge in [0.05, 0.1) is 25.9 Å². The van der Waals surface area contributed by atoms with E-state index >= 15 is 0 Å². The molecule has 0 amide bonds. The average molecular weight is 1020 g/mol. The summed E-state index contributed by atoms with van der Waals surface area (Å²) in [7, 11) is 8.39. The third-order valence-corrected chi connectivity index (χ3v) is 17.4. The molecule has 13 nitrogen and oxygen atoms in total. The van der Waals surface area contributed by atoms with Crippen molar-refractivity contribution in [1.82, 2.24) is 19.6 Å². The Morgan fingerprint density at radius 2 is 0.896 bits per heavy atom. The maximum absolute atomic E-state index is 13.1. The van der Waals surface area contributed by atoms with Crippen LogP contribution in [0.5, 0.6) is 0 Å². The van der Waals surface area contributed by atoms with E-state index in [9.17, 15) is 34.7 Å². The fourth-order valence-corrected chi connectivity index (χ4v) is 13.8. The number of nitrogens with zero attached hydrogens (tertiary/aromatic N) is 7. The van der Waals surface area contributed by atoms with Gasteiger partial charge in [-0.3, -0.25) is 30.3 Å². The van der Waals surface area contributed by atoms with Crippen LogP contribution in [-0.4, -0.2) is 115 Å². The van der Waals surface area contributed by atoms with Crippen molar-refractivity contribution in [2.45, 2.75) is 47.3 Å². The molecule has 4 aromatic rings. The molecule has 8 aliphatic rings. The van der Waals surface area contributed by atoms with Crippen LogP contribution in [-0.2, 0) is 21.7 Å². The highest BCUT2D eigenvalue weighted by atomic mass is 35.5. The van der Waals surface area contributed by atoms with Crippen molar-refractivity contribution in [2.24, 2.45) is 23.7 Å². The van der Waals surface area contributed by atoms with Crippen LogP contribution < -0.4 is 0 Å². The summed E-state index contributed by atoms with van der Waals surface area (Å²) in [5.74, 6) is 2.32. The number of benzene rings is 4. The number of rotatable bonds is 7. The van der Waals surface area contributed by atoms with E-state index in [-0.39, 0.29) is 48.5 Å². The summed E-state index contributed by atoms with van der Waals surface area (Å²) in [5.41, 5.74) is 4.17. The summed E-state index contributed by atoms with van der Waals surface area (Å²) in [6.45, 7) is 8.37. The Bertz CT molecular complexity index is 2700. The highest BCUT2D eigenvalue weighted by Gasteiger charge is 2.63. The molecular formula is C48H51Cl5FN7O6. The zero-order valence-electron chi connectivity index (χ0n) is 37.5. The van der Waals surface area contributed by atoms with E-state index in [0.29, 0.717) is 22.8 Å². The van der Waals surface area contributed by atoms with Crippen molar-refractivity contribution in [3.63, 3.8) is 0 Å². The van der Waals surface area contributed by atoms with Gasteiger partial charge >= 0.3 is 0 Å². The van der Waals surface area contributed by atoms with Crippen LogP contribution >= 0.6 is 58.0 Å². The first-order chi connectivity index (χ1) is 31.6. The Morgan fingerprint density at radius 1 is 0.478 bits per heavy atom. The van der Waals surface area contributed by atoms with Crippen LogP contribution in [0.25, 0.3) is 0 Å². The van der Waals surface area contributed by atoms with Gasteiger partial charge in [-0.15, -0.1) is 0 Å². The molecule has 356 valence electrons. The Labute approximate surface area is 413 Å². The first kappa shape index (κ1) is 48.3. The Morgan fingerprint density at radius 3 is 1.31 bits per heavy atom. The van der Waals surface area contributed by atoms with E-state index in [0.717, 1.165) is 85.7 Å². The van der Waals surface area contributed by atoms with Gasteiger partial charge in [-0.1, -0.05) is 76.2 Å². The summed E-state index contributed by atoms with van der Waals surface area (Å²) in [5, 5.41) is 34.8. The zero-order chi connectivity index (χ0) is 48.1. The van der Waals surface area contributed by atoms with Crippen molar-refractivity contribution in [3.8, 4) is 0 Å². The van der Waals surface area contributed by atoms with Gasteiger partial charge in [0.2, 0.25) is 0 Å². The number of piperidine rings is 4. The molecule has 8 unspecified atom stereocenters. The minimum absolute atomic E-state index is 0.00429. The molecule has 0 bridgehead atoms. The molecule has 19 heteroatoms. The first-order valence-corrected chi connectivity index (χ1v) is 24.2. The minimum Gasteiger partial charge on any atom is -0.305 e. The van der Waals surface area contributed by atoms with E-state index < -0.39 is 20.5 Å². The molecule has 12 rings (SSSR count). The van der Waals surface area contributed by atoms with E-state index in [4.69, 9.17) is 58.0 Å². The molecule has 8 fully saturated rings. The molecule has 0 N–H and O–H groups in total. The van der Waals surface area contributed by atoms with Gasteiger partial charge in [0.25, 0.3) is 17.1 Å². The number of hydrogen-bond acceptors (Lipinski definition) is 10. The van der Waals surface area contributed by atoms with E-state index in [1.807, 2.05) is 31.3 Å². The quantitative estimate of drug-likeness (QED) is 0.130. The zero-order valence-corrected chi connectivity index (χ0v) is 41.3. The topological polar surface area (TPSA) is 142 Å². The van der Waals surface area contributed by atoms with Crippen LogP contribution in [0.3, 0.4) is 0 Å². The number of halogens is 6. The fraction of sp³-hybridized carbons (Fsp3) is 0.500. The molecule has 4 aromatic carbocycles. The predicted octanol–water partition coefficient (Wildman–Crippen LogP) is 10.7. The Balaban J connectivity index is 0.000000113. The summed E-state index contributed by atoms with van der Waals surface area (Å²) in [6, 6.07) is 18.7. The Kier molecular flexibility index (Phi) is 12.7. The van der Waals surface area contributed by atoms with Crippen LogP contribution in [0, 0.1) is 59.8 Å². The van der Waals surface area contributed by atoms with Crippen molar-refractivity contribution in [2.75, 3.05) is 80.5 Å². The number of nitro groups is 3. The van der Waals surface area contributed by atoms with Crippen molar-refractivity contribution < 1.29 is 19.2 Å². The molecule has 4 aliphatic carbocycles. The molecule has 4 saturated heterocycles. The lowest BCUT2D eigenvalue weighted by atomic mass is 9.93. The molecule has 4 heterocycles. The van der Waals surface area contributed by atoms with Gasteiger partial charge in [-0.05, 0) is 131 Å². The second kappa shape index (κ2) is 17.6. The van der Waals surface area contributed by atoms with Crippen molar-refractivity contribution >= 4 is 75.1 Å².